The maximum absolute atomic E-state index is 11.8. The minimum atomic E-state index is -0.123. The summed E-state index contributed by atoms with van der Waals surface area (Å²) in [7, 11) is 1.62. The van der Waals surface area contributed by atoms with E-state index < -0.39 is 0 Å². The molecule has 0 atom stereocenters. The topological polar surface area (TPSA) is 95.7 Å². The van der Waals surface area contributed by atoms with Gasteiger partial charge >= 0.3 is 0 Å². The molecule has 0 spiro atoms. The van der Waals surface area contributed by atoms with Crippen LogP contribution >= 0.6 is 0 Å². The molecule has 19 heavy (non-hydrogen) atoms. The number of nitrogens with zero attached hydrogens (tertiary/aromatic N) is 2. The number of aromatic amines is 2. The SMILES string of the molecule is COCc1cc(-c2nc3c([nH]2)CCCNC3=O)n[nH]1. The number of aryl methyl sites for hydroxylation is 1. The number of carbonyl (C=O) groups is 1. The van der Waals surface area contributed by atoms with E-state index in [0.717, 1.165) is 24.2 Å². The molecule has 0 aromatic carbocycles. The van der Waals surface area contributed by atoms with Gasteiger partial charge in [-0.2, -0.15) is 5.10 Å². The van der Waals surface area contributed by atoms with E-state index in [1.807, 2.05) is 6.07 Å². The van der Waals surface area contributed by atoms with Crippen molar-refractivity contribution in [2.24, 2.45) is 0 Å². The van der Waals surface area contributed by atoms with E-state index >= 15 is 0 Å². The monoisotopic (exact) mass is 261 g/mol. The van der Waals surface area contributed by atoms with E-state index in [1.165, 1.54) is 0 Å². The summed E-state index contributed by atoms with van der Waals surface area (Å²) in [4.78, 5) is 19.3. The van der Waals surface area contributed by atoms with Crippen LogP contribution in [0.3, 0.4) is 0 Å². The van der Waals surface area contributed by atoms with Crippen LogP contribution in [-0.2, 0) is 17.8 Å². The summed E-state index contributed by atoms with van der Waals surface area (Å²) >= 11 is 0. The van der Waals surface area contributed by atoms with Crippen molar-refractivity contribution < 1.29 is 9.53 Å². The summed E-state index contributed by atoms with van der Waals surface area (Å²) in [5.74, 6) is 0.489. The van der Waals surface area contributed by atoms with E-state index in [9.17, 15) is 4.79 Å². The van der Waals surface area contributed by atoms with Gasteiger partial charge in [0.1, 0.15) is 11.4 Å². The number of hydrogen-bond acceptors (Lipinski definition) is 4. The Hall–Kier alpha value is -2.15. The minimum Gasteiger partial charge on any atom is -0.378 e. The van der Waals surface area contributed by atoms with Crippen molar-refractivity contribution in [1.82, 2.24) is 25.5 Å². The lowest BCUT2D eigenvalue weighted by atomic mass is 10.2. The molecule has 7 heteroatoms. The van der Waals surface area contributed by atoms with Gasteiger partial charge in [0.25, 0.3) is 5.91 Å². The molecule has 0 bridgehead atoms. The molecule has 3 N–H and O–H groups in total. The molecule has 1 aliphatic rings. The Morgan fingerprint density at radius 2 is 2.37 bits per heavy atom. The summed E-state index contributed by atoms with van der Waals surface area (Å²) in [6, 6.07) is 1.86. The normalized spacial score (nSPS) is 14.9. The van der Waals surface area contributed by atoms with Gasteiger partial charge in [0.05, 0.1) is 12.3 Å². The van der Waals surface area contributed by atoms with Gasteiger partial charge in [-0.15, -0.1) is 0 Å². The molecule has 1 amide bonds. The summed E-state index contributed by atoms with van der Waals surface area (Å²) < 4.78 is 5.03. The second kappa shape index (κ2) is 4.85. The van der Waals surface area contributed by atoms with Crippen LogP contribution in [0, 0.1) is 0 Å². The molecule has 100 valence electrons. The maximum Gasteiger partial charge on any atom is 0.271 e. The Bertz CT molecular complexity index is 601. The van der Waals surface area contributed by atoms with Crippen molar-refractivity contribution in [3.05, 3.63) is 23.1 Å². The lowest BCUT2D eigenvalue weighted by molar-refractivity contribution is 0.0951. The Balaban J connectivity index is 1.93. The molecule has 0 radical (unpaired) electrons. The van der Waals surface area contributed by atoms with Crippen LogP contribution in [0.5, 0.6) is 0 Å². The van der Waals surface area contributed by atoms with Gasteiger partial charge in [-0.05, 0) is 18.9 Å². The first-order valence-corrected chi connectivity index (χ1v) is 6.18. The highest BCUT2D eigenvalue weighted by atomic mass is 16.5. The van der Waals surface area contributed by atoms with Crippen LogP contribution in [0.25, 0.3) is 11.5 Å². The Morgan fingerprint density at radius 3 is 3.21 bits per heavy atom. The fourth-order valence-electron chi connectivity index (χ4n) is 2.16. The number of amides is 1. The zero-order valence-electron chi connectivity index (χ0n) is 10.6. The molecule has 0 fully saturated rings. The molecule has 3 rings (SSSR count). The van der Waals surface area contributed by atoms with Crippen molar-refractivity contribution in [2.45, 2.75) is 19.4 Å². The zero-order valence-corrected chi connectivity index (χ0v) is 10.6. The lowest BCUT2D eigenvalue weighted by Crippen LogP contribution is -2.23. The van der Waals surface area contributed by atoms with Gasteiger partial charge in [0.15, 0.2) is 5.82 Å². The molecule has 2 aromatic heterocycles. The van der Waals surface area contributed by atoms with Crippen LogP contribution in [-0.4, -0.2) is 39.7 Å². The molecule has 0 saturated carbocycles. The summed E-state index contributed by atoms with van der Waals surface area (Å²) in [6.45, 7) is 1.16. The maximum atomic E-state index is 11.8. The summed E-state index contributed by atoms with van der Waals surface area (Å²) in [6.07, 6.45) is 1.73. The standard InChI is InChI=1S/C12H15N5O2/c1-19-6-7-5-9(17-16-7)11-14-8-3-2-4-13-12(18)10(8)15-11/h5H,2-4,6H2,1H3,(H,13,18)(H,14,15)(H,16,17). The molecular weight excluding hydrogens is 246 g/mol. The molecule has 1 aliphatic heterocycles. The highest BCUT2D eigenvalue weighted by molar-refractivity contribution is 5.94. The average molecular weight is 261 g/mol. The second-order valence-corrected chi connectivity index (χ2v) is 4.48. The second-order valence-electron chi connectivity index (χ2n) is 4.48. The lowest BCUT2D eigenvalue weighted by Gasteiger charge is -1.95. The Labute approximate surface area is 109 Å². The van der Waals surface area contributed by atoms with Crippen molar-refractivity contribution in [1.29, 1.82) is 0 Å². The smallest absolute Gasteiger partial charge is 0.271 e. The fourth-order valence-corrected chi connectivity index (χ4v) is 2.16. The molecule has 0 saturated heterocycles. The van der Waals surface area contributed by atoms with Crippen molar-refractivity contribution >= 4 is 5.91 Å². The highest BCUT2D eigenvalue weighted by Crippen LogP contribution is 2.19. The number of carbonyl (C=O) groups excluding carboxylic acids is 1. The van der Waals surface area contributed by atoms with Gasteiger partial charge in [-0.1, -0.05) is 0 Å². The first-order valence-electron chi connectivity index (χ1n) is 6.18. The highest BCUT2D eigenvalue weighted by Gasteiger charge is 2.21. The number of aromatic nitrogens is 4. The van der Waals surface area contributed by atoms with E-state index in [-0.39, 0.29) is 5.91 Å². The first-order chi connectivity index (χ1) is 9.28. The van der Waals surface area contributed by atoms with Crippen LogP contribution in [0.15, 0.2) is 6.07 Å². The number of hydrogen-bond donors (Lipinski definition) is 3. The van der Waals surface area contributed by atoms with E-state index in [0.29, 0.717) is 30.4 Å². The van der Waals surface area contributed by atoms with Crippen LogP contribution < -0.4 is 5.32 Å². The molecule has 7 nitrogen and oxygen atoms in total. The predicted octanol–water partition coefficient (Wildman–Crippen LogP) is 0.622. The third-order valence-corrected chi connectivity index (χ3v) is 3.06. The van der Waals surface area contributed by atoms with Crippen LogP contribution in [0.4, 0.5) is 0 Å². The third kappa shape index (κ3) is 2.24. The zero-order chi connectivity index (χ0) is 13.2. The van der Waals surface area contributed by atoms with E-state index in [1.54, 1.807) is 7.11 Å². The van der Waals surface area contributed by atoms with Gasteiger partial charge in [-0.25, -0.2) is 4.98 Å². The Morgan fingerprint density at radius 1 is 1.47 bits per heavy atom. The van der Waals surface area contributed by atoms with E-state index in [4.69, 9.17) is 4.74 Å². The largest absolute Gasteiger partial charge is 0.378 e. The molecule has 2 aromatic rings. The average Bonchev–Trinajstić information content (AvgIpc) is 2.98. The van der Waals surface area contributed by atoms with Crippen LogP contribution in [0.1, 0.15) is 28.3 Å². The van der Waals surface area contributed by atoms with Crippen molar-refractivity contribution in [3.8, 4) is 11.5 Å². The number of nitrogens with one attached hydrogen (secondary N) is 3. The van der Waals surface area contributed by atoms with Crippen molar-refractivity contribution in [3.63, 3.8) is 0 Å². The number of ether oxygens (including phenoxy) is 1. The van der Waals surface area contributed by atoms with Gasteiger partial charge < -0.3 is 15.0 Å². The van der Waals surface area contributed by atoms with Crippen LogP contribution in [0.2, 0.25) is 0 Å². The summed E-state index contributed by atoms with van der Waals surface area (Å²) in [5.41, 5.74) is 2.91. The minimum absolute atomic E-state index is 0.123. The van der Waals surface area contributed by atoms with Gasteiger partial charge in [-0.3, -0.25) is 9.89 Å². The molecular formula is C12H15N5O2. The Kier molecular flexibility index (Phi) is 3.04. The predicted molar refractivity (Wildman–Crippen MR) is 67.5 cm³/mol. The van der Waals surface area contributed by atoms with Gasteiger partial charge in [0, 0.05) is 19.3 Å². The number of rotatable bonds is 3. The quantitative estimate of drug-likeness (QED) is 0.754. The van der Waals surface area contributed by atoms with E-state index in [2.05, 4.69) is 25.5 Å². The molecule has 0 aliphatic carbocycles. The molecule has 3 heterocycles. The summed E-state index contributed by atoms with van der Waals surface area (Å²) in [5, 5.41) is 9.86. The number of fused-ring (bicyclic) bond motifs is 1. The first kappa shape index (κ1) is 11.9. The van der Waals surface area contributed by atoms with Gasteiger partial charge in [0.2, 0.25) is 0 Å². The number of imidazole rings is 1. The number of H-pyrrole nitrogens is 2. The van der Waals surface area contributed by atoms with Crippen molar-refractivity contribution in [2.75, 3.05) is 13.7 Å². The third-order valence-electron chi connectivity index (χ3n) is 3.06. The molecule has 0 unspecified atom stereocenters. The number of methoxy groups -OCH3 is 1. The fraction of sp³-hybridized carbons (Fsp3) is 0.417.